The van der Waals surface area contributed by atoms with Crippen molar-refractivity contribution < 1.29 is 19.1 Å². The van der Waals surface area contributed by atoms with Crippen molar-refractivity contribution in [1.82, 2.24) is 5.32 Å². The van der Waals surface area contributed by atoms with E-state index in [0.29, 0.717) is 18.9 Å². The van der Waals surface area contributed by atoms with E-state index in [0.717, 1.165) is 29.0 Å². The molecule has 2 amide bonds. The lowest BCUT2D eigenvalue weighted by atomic mass is 9.99. The molecule has 2 aliphatic rings. The van der Waals surface area contributed by atoms with E-state index in [-0.39, 0.29) is 30.2 Å². The summed E-state index contributed by atoms with van der Waals surface area (Å²) in [5.74, 6) is 0.916. The molecule has 2 unspecified atom stereocenters. The van der Waals surface area contributed by atoms with Crippen LogP contribution in [0.15, 0.2) is 42.5 Å². The number of para-hydroxylation sites is 1. The standard InChI is InChI=1S/C22H24N2O4/c1-14-7-8-20(27-2)18(11-14)24-13-15(12-21(24)25)22(26)23-17-9-10-28-19-6-4-3-5-16(17)19/h3-8,11,15,17H,9-10,12-13H2,1-2H3,(H,23,26). The molecule has 2 atom stereocenters. The molecule has 0 radical (unpaired) electrons. The van der Waals surface area contributed by atoms with Crippen LogP contribution in [0.1, 0.15) is 30.0 Å². The largest absolute Gasteiger partial charge is 0.495 e. The zero-order chi connectivity index (χ0) is 19.7. The quantitative estimate of drug-likeness (QED) is 0.885. The molecule has 0 aromatic heterocycles. The second-order valence-electron chi connectivity index (χ2n) is 7.32. The van der Waals surface area contributed by atoms with Crippen molar-refractivity contribution in [2.45, 2.75) is 25.8 Å². The molecule has 0 bridgehead atoms. The van der Waals surface area contributed by atoms with Crippen molar-refractivity contribution >= 4 is 17.5 Å². The number of anilines is 1. The molecular formula is C22H24N2O4. The highest BCUT2D eigenvalue weighted by Crippen LogP contribution is 2.35. The van der Waals surface area contributed by atoms with E-state index < -0.39 is 0 Å². The van der Waals surface area contributed by atoms with Gasteiger partial charge in [-0.1, -0.05) is 24.3 Å². The van der Waals surface area contributed by atoms with Gasteiger partial charge in [-0.25, -0.2) is 0 Å². The smallest absolute Gasteiger partial charge is 0.227 e. The molecule has 2 aromatic rings. The van der Waals surface area contributed by atoms with E-state index in [2.05, 4.69) is 5.32 Å². The van der Waals surface area contributed by atoms with Gasteiger partial charge in [0.1, 0.15) is 11.5 Å². The van der Waals surface area contributed by atoms with Gasteiger partial charge in [0.05, 0.1) is 31.4 Å². The highest BCUT2D eigenvalue weighted by Gasteiger charge is 2.37. The number of ether oxygens (including phenoxy) is 2. The average Bonchev–Trinajstić information content (AvgIpc) is 3.10. The summed E-state index contributed by atoms with van der Waals surface area (Å²) in [6.07, 6.45) is 0.923. The molecule has 1 N–H and O–H groups in total. The van der Waals surface area contributed by atoms with Crippen LogP contribution in [0.3, 0.4) is 0 Å². The topological polar surface area (TPSA) is 67.9 Å². The van der Waals surface area contributed by atoms with E-state index >= 15 is 0 Å². The number of amides is 2. The molecule has 146 valence electrons. The normalized spacial score (nSPS) is 21.1. The van der Waals surface area contributed by atoms with E-state index in [4.69, 9.17) is 9.47 Å². The Hall–Kier alpha value is -3.02. The van der Waals surface area contributed by atoms with Gasteiger partial charge in [0.25, 0.3) is 0 Å². The molecule has 2 aliphatic heterocycles. The lowest BCUT2D eigenvalue weighted by molar-refractivity contribution is -0.127. The van der Waals surface area contributed by atoms with Crippen LogP contribution >= 0.6 is 0 Å². The Morgan fingerprint density at radius 3 is 2.89 bits per heavy atom. The number of methoxy groups -OCH3 is 1. The van der Waals surface area contributed by atoms with E-state index in [1.165, 1.54) is 0 Å². The van der Waals surface area contributed by atoms with Gasteiger partial charge in [0.15, 0.2) is 0 Å². The van der Waals surface area contributed by atoms with Gasteiger partial charge >= 0.3 is 0 Å². The number of carbonyl (C=O) groups is 2. The number of nitrogens with zero attached hydrogens (tertiary/aromatic N) is 1. The number of nitrogens with one attached hydrogen (secondary N) is 1. The Labute approximate surface area is 164 Å². The van der Waals surface area contributed by atoms with E-state index in [1.807, 2.05) is 49.4 Å². The first-order valence-electron chi connectivity index (χ1n) is 9.54. The summed E-state index contributed by atoms with van der Waals surface area (Å²) >= 11 is 0. The zero-order valence-corrected chi connectivity index (χ0v) is 16.1. The summed E-state index contributed by atoms with van der Waals surface area (Å²) in [4.78, 5) is 27.2. The average molecular weight is 380 g/mol. The third-order valence-electron chi connectivity index (χ3n) is 5.40. The first kappa shape index (κ1) is 18.3. The first-order chi connectivity index (χ1) is 13.6. The predicted octanol–water partition coefficient (Wildman–Crippen LogP) is 3.00. The summed E-state index contributed by atoms with van der Waals surface area (Å²) in [6.45, 7) is 2.89. The van der Waals surface area contributed by atoms with Crippen molar-refractivity contribution in [2.24, 2.45) is 5.92 Å². The fraction of sp³-hybridized carbons (Fsp3) is 0.364. The minimum atomic E-state index is -0.382. The SMILES string of the molecule is COc1ccc(C)cc1N1CC(C(=O)NC2CCOc3ccccc32)CC1=O. The van der Waals surface area contributed by atoms with Crippen LogP contribution in [0.25, 0.3) is 0 Å². The molecule has 0 spiro atoms. The van der Waals surface area contributed by atoms with Crippen LogP contribution < -0.4 is 19.7 Å². The second kappa shape index (κ2) is 7.54. The molecule has 28 heavy (non-hydrogen) atoms. The molecule has 0 aliphatic carbocycles. The maximum absolute atomic E-state index is 12.9. The van der Waals surface area contributed by atoms with Crippen molar-refractivity contribution in [1.29, 1.82) is 0 Å². The highest BCUT2D eigenvalue weighted by atomic mass is 16.5. The molecule has 1 saturated heterocycles. The number of rotatable bonds is 4. The Kier molecular flexibility index (Phi) is 4.94. The van der Waals surface area contributed by atoms with Crippen LogP contribution in [-0.4, -0.2) is 32.1 Å². The molecular weight excluding hydrogens is 356 g/mol. The monoisotopic (exact) mass is 380 g/mol. The fourth-order valence-electron chi connectivity index (χ4n) is 3.91. The fourth-order valence-corrected chi connectivity index (χ4v) is 3.91. The Morgan fingerprint density at radius 2 is 2.07 bits per heavy atom. The number of hydrogen-bond acceptors (Lipinski definition) is 4. The maximum atomic E-state index is 12.9. The van der Waals surface area contributed by atoms with Crippen LogP contribution in [0, 0.1) is 12.8 Å². The van der Waals surface area contributed by atoms with Gasteiger partial charge < -0.3 is 19.7 Å². The molecule has 2 aromatic carbocycles. The van der Waals surface area contributed by atoms with Crippen LogP contribution in [0.2, 0.25) is 0 Å². The van der Waals surface area contributed by atoms with Crippen molar-refractivity contribution in [3.8, 4) is 11.5 Å². The second-order valence-corrected chi connectivity index (χ2v) is 7.32. The van der Waals surface area contributed by atoms with Gasteiger partial charge in [-0.05, 0) is 30.7 Å². The van der Waals surface area contributed by atoms with Crippen LogP contribution in [0.5, 0.6) is 11.5 Å². The van der Waals surface area contributed by atoms with Crippen LogP contribution in [-0.2, 0) is 9.59 Å². The molecule has 6 nitrogen and oxygen atoms in total. The number of fused-ring (bicyclic) bond motifs is 1. The first-order valence-corrected chi connectivity index (χ1v) is 9.54. The summed E-state index contributed by atoms with van der Waals surface area (Å²) in [5.41, 5.74) is 2.75. The van der Waals surface area contributed by atoms with Gasteiger partial charge in [0, 0.05) is 24.9 Å². The highest BCUT2D eigenvalue weighted by molar-refractivity contribution is 6.01. The van der Waals surface area contributed by atoms with Gasteiger partial charge in [0.2, 0.25) is 11.8 Å². The zero-order valence-electron chi connectivity index (χ0n) is 16.1. The minimum absolute atomic E-state index is 0.0589. The van der Waals surface area contributed by atoms with Gasteiger partial charge in [-0.15, -0.1) is 0 Å². The summed E-state index contributed by atoms with van der Waals surface area (Å²) in [5, 5.41) is 3.12. The summed E-state index contributed by atoms with van der Waals surface area (Å²) in [6, 6.07) is 13.4. The Balaban J connectivity index is 1.49. The third-order valence-corrected chi connectivity index (χ3v) is 5.40. The third kappa shape index (κ3) is 3.42. The number of benzene rings is 2. The van der Waals surface area contributed by atoms with Gasteiger partial charge in [-0.3, -0.25) is 9.59 Å². The van der Waals surface area contributed by atoms with Gasteiger partial charge in [-0.2, -0.15) is 0 Å². The molecule has 2 heterocycles. The lowest BCUT2D eigenvalue weighted by Gasteiger charge is -2.27. The van der Waals surface area contributed by atoms with E-state index in [1.54, 1.807) is 12.0 Å². The summed E-state index contributed by atoms with van der Waals surface area (Å²) < 4.78 is 11.1. The molecule has 6 heteroatoms. The number of aryl methyl sites for hydroxylation is 1. The predicted molar refractivity (Wildman–Crippen MR) is 106 cm³/mol. The van der Waals surface area contributed by atoms with Crippen LogP contribution in [0.4, 0.5) is 5.69 Å². The minimum Gasteiger partial charge on any atom is -0.495 e. The van der Waals surface area contributed by atoms with Crippen molar-refractivity contribution in [3.05, 3.63) is 53.6 Å². The molecule has 1 fully saturated rings. The Morgan fingerprint density at radius 1 is 1.25 bits per heavy atom. The van der Waals surface area contributed by atoms with Crippen molar-refractivity contribution in [2.75, 3.05) is 25.2 Å². The molecule has 0 saturated carbocycles. The maximum Gasteiger partial charge on any atom is 0.227 e. The number of carbonyl (C=O) groups excluding carboxylic acids is 2. The Bertz CT molecular complexity index is 911. The summed E-state index contributed by atoms with van der Waals surface area (Å²) in [7, 11) is 1.58. The van der Waals surface area contributed by atoms with Crippen molar-refractivity contribution in [3.63, 3.8) is 0 Å². The van der Waals surface area contributed by atoms with E-state index in [9.17, 15) is 9.59 Å². The molecule has 4 rings (SSSR count). The lowest BCUT2D eigenvalue weighted by Crippen LogP contribution is -2.37. The number of hydrogen-bond donors (Lipinski definition) is 1.